The van der Waals surface area contributed by atoms with Gasteiger partial charge in [-0.05, 0) is 23.6 Å². The molecule has 1 atom stereocenters. The molecule has 1 N–H and O–H groups in total. The molecule has 0 radical (unpaired) electrons. The van der Waals surface area contributed by atoms with Crippen molar-refractivity contribution in [3.63, 3.8) is 0 Å². The highest BCUT2D eigenvalue weighted by molar-refractivity contribution is 5.81. The third-order valence-electron chi connectivity index (χ3n) is 3.89. The molecule has 0 aliphatic carbocycles. The Balaban J connectivity index is 2.41. The number of para-hydroxylation sites is 2. The minimum Gasteiger partial charge on any atom is -0.480 e. The van der Waals surface area contributed by atoms with E-state index in [2.05, 4.69) is 9.97 Å². The molecule has 0 spiro atoms. The molecular formula is C17H18N4O3. The van der Waals surface area contributed by atoms with Crippen molar-refractivity contribution >= 4 is 17.0 Å². The summed E-state index contributed by atoms with van der Waals surface area (Å²) < 4.78 is 2.75. The third kappa shape index (κ3) is 2.47. The van der Waals surface area contributed by atoms with Gasteiger partial charge in [-0.25, -0.2) is 24.1 Å². The van der Waals surface area contributed by atoms with Gasteiger partial charge in [-0.2, -0.15) is 0 Å². The Hall–Kier alpha value is -2.96. The van der Waals surface area contributed by atoms with E-state index in [-0.39, 0.29) is 0 Å². The highest BCUT2D eigenvalue weighted by Crippen LogP contribution is 2.32. The van der Waals surface area contributed by atoms with Crippen molar-refractivity contribution in [2.75, 3.05) is 0 Å². The predicted molar refractivity (Wildman–Crippen MR) is 89.3 cm³/mol. The summed E-state index contributed by atoms with van der Waals surface area (Å²) in [6, 6.07) is 7.72. The summed E-state index contributed by atoms with van der Waals surface area (Å²) in [4.78, 5) is 33.0. The number of carboxylic acids is 1. The highest BCUT2D eigenvalue weighted by atomic mass is 16.4. The standard InChI is InChI=1S/C17H18N4O3/c1-17(2,3)14(15(22)23)21-12-7-5-4-6-11(12)20(16(21)24)13-8-9-18-10-19-13/h4-10,14H,1-3H3,(H,22,23). The fourth-order valence-corrected chi connectivity index (χ4v) is 2.93. The number of hydrogen-bond acceptors (Lipinski definition) is 4. The Morgan fingerprint density at radius 3 is 2.38 bits per heavy atom. The third-order valence-corrected chi connectivity index (χ3v) is 3.89. The lowest BCUT2D eigenvalue weighted by atomic mass is 9.86. The van der Waals surface area contributed by atoms with Gasteiger partial charge in [0.1, 0.15) is 18.2 Å². The van der Waals surface area contributed by atoms with Gasteiger partial charge in [0.05, 0.1) is 11.0 Å². The largest absolute Gasteiger partial charge is 0.480 e. The Morgan fingerprint density at radius 2 is 1.83 bits per heavy atom. The molecule has 2 aromatic heterocycles. The fourth-order valence-electron chi connectivity index (χ4n) is 2.93. The summed E-state index contributed by atoms with van der Waals surface area (Å²) in [5.41, 5.74) is 0.0911. The monoisotopic (exact) mass is 326 g/mol. The van der Waals surface area contributed by atoms with Crippen LogP contribution < -0.4 is 5.69 Å². The lowest BCUT2D eigenvalue weighted by molar-refractivity contribution is -0.144. The van der Waals surface area contributed by atoms with Crippen molar-refractivity contribution in [3.05, 3.63) is 53.3 Å². The van der Waals surface area contributed by atoms with Crippen LogP contribution in [0.25, 0.3) is 16.9 Å². The lowest BCUT2D eigenvalue weighted by Gasteiger charge is -2.27. The van der Waals surface area contributed by atoms with Crippen molar-refractivity contribution in [1.29, 1.82) is 0 Å². The van der Waals surface area contributed by atoms with Gasteiger partial charge in [-0.15, -0.1) is 0 Å². The zero-order valence-corrected chi connectivity index (χ0v) is 13.7. The number of benzene rings is 1. The Morgan fingerprint density at radius 1 is 1.17 bits per heavy atom. The summed E-state index contributed by atoms with van der Waals surface area (Å²) in [6.45, 7) is 5.40. The number of hydrogen-bond donors (Lipinski definition) is 1. The summed E-state index contributed by atoms with van der Waals surface area (Å²) >= 11 is 0. The van der Waals surface area contributed by atoms with Gasteiger partial charge < -0.3 is 5.11 Å². The van der Waals surface area contributed by atoms with Crippen LogP contribution in [-0.2, 0) is 4.79 Å². The molecule has 124 valence electrons. The van der Waals surface area contributed by atoms with Gasteiger partial charge in [-0.1, -0.05) is 32.9 Å². The second-order valence-electron chi connectivity index (χ2n) is 6.65. The van der Waals surface area contributed by atoms with Crippen LogP contribution in [-0.4, -0.2) is 30.2 Å². The van der Waals surface area contributed by atoms with Gasteiger partial charge in [0, 0.05) is 6.20 Å². The molecular weight excluding hydrogens is 308 g/mol. The van der Waals surface area contributed by atoms with Crippen LogP contribution in [0.15, 0.2) is 47.7 Å². The molecule has 0 saturated heterocycles. The number of imidazole rings is 1. The molecule has 7 nitrogen and oxygen atoms in total. The van der Waals surface area contributed by atoms with Gasteiger partial charge >= 0.3 is 11.7 Å². The van der Waals surface area contributed by atoms with E-state index in [4.69, 9.17) is 0 Å². The molecule has 3 rings (SSSR count). The molecule has 0 fully saturated rings. The second kappa shape index (κ2) is 5.59. The van der Waals surface area contributed by atoms with E-state index in [0.29, 0.717) is 16.9 Å². The molecule has 0 saturated carbocycles. The number of fused-ring (bicyclic) bond motifs is 1. The summed E-state index contributed by atoms with van der Waals surface area (Å²) in [6.07, 6.45) is 2.89. The van der Waals surface area contributed by atoms with E-state index in [9.17, 15) is 14.7 Å². The lowest BCUT2D eigenvalue weighted by Crippen LogP contribution is -2.38. The van der Waals surface area contributed by atoms with Gasteiger partial charge in [-0.3, -0.25) is 4.57 Å². The van der Waals surface area contributed by atoms with Crippen molar-refractivity contribution in [2.24, 2.45) is 5.41 Å². The van der Waals surface area contributed by atoms with Crippen LogP contribution in [0.5, 0.6) is 0 Å². The smallest absolute Gasteiger partial charge is 0.335 e. The Labute approximate surface area is 138 Å². The zero-order chi connectivity index (χ0) is 17.5. The minimum absolute atomic E-state index is 0.406. The molecule has 0 bridgehead atoms. The Bertz CT molecular complexity index is 951. The van der Waals surface area contributed by atoms with E-state index >= 15 is 0 Å². The topological polar surface area (TPSA) is 90.0 Å². The summed E-state index contributed by atoms with van der Waals surface area (Å²) in [7, 11) is 0. The van der Waals surface area contributed by atoms with Crippen LogP contribution in [0.3, 0.4) is 0 Å². The van der Waals surface area contributed by atoms with Crippen molar-refractivity contribution in [1.82, 2.24) is 19.1 Å². The van der Waals surface area contributed by atoms with Gasteiger partial charge in [0.25, 0.3) is 0 Å². The first-order chi connectivity index (χ1) is 11.3. The number of aromatic nitrogens is 4. The van der Waals surface area contributed by atoms with Crippen LogP contribution in [0.2, 0.25) is 0 Å². The maximum atomic E-state index is 13.1. The van der Waals surface area contributed by atoms with Gasteiger partial charge in [0.15, 0.2) is 0 Å². The normalized spacial score (nSPS) is 13.1. The number of rotatable bonds is 3. The first-order valence-corrected chi connectivity index (χ1v) is 7.53. The van der Waals surface area contributed by atoms with Crippen molar-refractivity contribution < 1.29 is 9.90 Å². The van der Waals surface area contributed by atoms with E-state index in [1.807, 2.05) is 0 Å². The quantitative estimate of drug-likeness (QED) is 0.797. The molecule has 2 heterocycles. The van der Waals surface area contributed by atoms with Gasteiger partial charge in [0.2, 0.25) is 0 Å². The van der Waals surface area contributed by atoms with Crippen LogP contribution >= 0.6 is 0 Å². The average Bonchev–Trinajstić information content (AvgIpc) is 2.80. The Kier molecular flexibility index (Phi) is 3.71. The fraction of sp³-hybridized carbons (Fsp3) is 0.294. The summed E-state index contributed by atoms with van der Waals surface area (Å²) in [5, 5.41) is 9.73. The molecule has 3 aromatic rings. The highest BCUT2D eigenvalue weighted by Gasteiger charge is 2.36. The molecule has 0 aliphatic heterocycles. The van der Waals surface area contributed by atoms with Crippen molar-refractivity contribution in [2.45, 2.75) is 26.8 Å². The molecule has 24 heavy (non-hydrogen) atoms. The molecule has 0 amide bonds. The first kappa shape index (κ1) is 15.9. The number of carbonyl (C=O) groups is 1. The van der Waals surface area contributed by atoms with E-state index < -0.39 is 23.1 Å². The van der Waals surface area contributed by atoms with Crippen LogP contribution in [0, 0.1) is 5.41 Å². The summed E-state index contributed by atoms with van der Waals surface area (Å²) in [5.74, 6) is -0.641. The molecule has 7 heteroatoms. The van der Waals surface area contributed by atoms with Crippen LogP contribution in [0.4, 0.5) is 0 Å². The van der Waals surface area contributed by atoms with E-state index in [1.165, 1.54) is 15.5 Å². The zero-order valence-electron chi connectivity index (χ0n) is 13.7. The van der Waals surface area contributed by atoms with E-state index in [1.54, 1.807) is 57.3 Å². The predicted octanol–water partition coefficient (Wildman–Crippen LogP) is 2.25. The second-order valence-corrected chi connectivity index (χ2v) is 6.65. The molecule has 1 aromatic carbocycles. The molecule has 1 unspecified atom stereocenters. The molecule has 0 aliphatic rings. The maximum Gasteiger partial charge on any atom is 0.335 e. The maximum absolute atomic E-state index is 13.1. The minimum atomic E-state index is -1.05. The first-order valence-electron chi connectivity index (χ1n) is 7.53. The SMILES string of the molecule is CC(C)(C)C(C(=O)O)n1c(=O)n(-c2ccncn2)c2ccccc21. The number of aliphatic carboxylic acids is 1. The number of nitrogens with zero attached hydrogens (tertiary/aromatic N) is 4. The van der Waals surface area contributed by atoms with Crippen LogP contribution in [0.1, 0.15) is 26.8 Å². The average molecular weight is 326 g/mol. The van der Waals surface area contributed by atoms with E-state index in [0.717, 1.165) is 0 Å². The number of carboxylic acid groups (broad SMARTS) is 1. The van der Waals surface area contributed by atoms with Crippen molar-refractivity contribution in [3.8, 4) is 5.82 Å².